The fourth-order valence-corrected chi connectivity index (χ4v) is 2.56. The number of carbonyl (C=O) groups is 1. The number of aliphatic imine (C=N–C) groups is 1. The van der Waals surface area contributed by atoms with Gasteiger partial charge in [0.1, 0.15) is 17.5 Å². The average Bonchev–Trinajstić information content (AvgIpc) is 3.14. The van der Waals surface area contributed by atoms with Crippen LogP contribution in [0.5, 0.6) is 0 Å². The van der Waals surface area contributed by atoms with E-state index in [-0.39, 0.29) is 28.8 Å². The maximum Gasteiger partial charge on any atom is 0.258 e. The molecule has 1 heterocycles. The summed E-state index contributed by atoms with van der Waals surface area (Å²) in [6.45, 7) is 4.33. The molecule has 0 atom stereocenters. The Balaban J connectivity index is 1.79. The van der Waals surface area contributed by atoms with Crippen molar-refractivity contribution in [1.29, 1.82) is 0 Å². The van der Waals surface area contributed by atoms with Gasteiger partial charge in [-0.05, 0) is 36.2 Å². The standard InChI is InChI=1S/C21H20F3N5O/c1-12(2)11-25-21(27-20(30)13-4-3-5-15(22)6-13)26-19-10-18(28-29-19)14-7-16(23)9-17(24)8-14/h3-10,12H,11H2,1-2H3,(H3,25,26,27,28,29,30). The Morgan fingerprint density at radius 2 is 1.80 bits per heavy atom. The van der Waals surface area contributed by atoms with E-state index < -0.39 is 23.4 Å². The Hall–Kier alpha value is -3.62. The number of amides is 1. The maximum absolute atomic E-state index is 13.5. The quantitative estimate of drug-likeness (QED) is 0.428. The highest BCUT2D eigenvalue weighted by atomic mass is 19.1. The normalized spacial score (nSPS) is 11.6. The van der Waals surface area contributed by atoms with Crippen LogP contribution in [0.15, 0.2) is 53.5 Å². The van der Waals surface area contributed by atoms with Gasteiger partial charge in [0.05, 0.1) is 5.69 Å². The van der Waals surface area contributed by atoms with Crippen LogP contribution in [-0.2, 0) is 0 Å². The first-order valence-corrected chi connectivity index (χ1v) is 9.20. The lowest BCUT2D eigenvalue weighted by Gasteiger charge is -2.11. The van der Waals surface area contributed by atoms with Crippen LogP contribution < -0.4 is 10.6 Å². The van der Waals surface area contributed by atoms with Crippen LogP contribution in [0.1, 0.15) is 24.2 Å². The molecule has 1 aromatic heterocycles. The molecule has 0 radical (unpaired) electrons. The Kier molecular flexibility index (Phi) is 6.51. The van der Waals surface area contributed by atoms with E-state index in [9.17, 15) is 18.0 Å². The molecule has 3 aromatic rings. The third-order valence-electron chi connectivity index (χ3n) is 3.93. The summed E-state index contributed by atoms with van der Waals surface area (Å²) in [4.78, 5) is 16.8. The van der Waals surface area contributed by atoms with E-state index in [0.717, 1.165) is 12.1 Å². The second kappa shape index (κ2) is 9.25. The first kappa shape index (κ1) is 21.1. The molecular weight excluding hydrogens is 395 g/mol. The molecule has 9 heteroatoms. The zero-order valence-corrected chi connectivity index (χ0v) is 16.3. The van der Waals surface area contributed by atoms with Crippen molar-refractivity contribution >= 4 is 17.7 Å². The van der Waals surface area contributed by atoms with Crippen LogP contribution in [0.4, 0.5) is 19.0 Å². The third-order valence-corrected chi connectivity index (χ3v) is 3.93. The molecule has 2 aromatic carbocycles. The number of halogens is 3. The van der Waals surface area contributed by atoms with Crippen molar-refractivity contribution in [2.75, 3.05) is 11.9 Å². The number of hydrogen-bond acceptors (Lipinski definition) is 3. The molecule has 6 nitrogen and oxygen atoms in total. The number of H-pyrrole nitrogens is 1. The highest BCUT2D eigenvalue weighted by Gasteiger charge is 2.13. The summed E-state index contributed by atoms with van der Waals surface area (Å²) in [5, 5.41) is 12.2. The number of rotatable bonds is 5. The number of aromatic nitrogens is 2. The van der Waals surface area contributed by atoms with Crippen molar-refractivity contribution in [3.63, 3.8) is 0 Å². The van der Waals surface area contributed by atoms with Gasteiger partial charge in [-0.1, -0.05) is 19.9 Å². The summed E-state index contributed by atoms with van der Waals surface area (Å²) in [5.74, 6) is -1.90. The van der Waals surface area contributed by atoms with Gasteiger partial charge in [0, 0.05) is 29.8 Å². The molecule has 156 valence electrons. The van der Waals surface area contributed by atoms with Gasteiger partial charge in [-0.25, -0.2) is 13.2 Å². The predicted octanol–water partition coefficient (Wildman–Crippen LogP) is 4.35. The molecule has 1 amide bonds. The Bertz CT molecular complexity index is 1060. The van der Waals surface area contributed by atoms with Gasteiger partial charge in [-0.3, -0.25) is 20.2 Å². The van der Waals surface area contributed by atoms with Crippen molar-refractivity contribution in [2.24, 2.45) is 10.9 Å². The number of anilines is 1. The minimum absolute atomic E-state index is 0.112. The zero-order chi connectivity index (χ0) is 21.7. The monoisotopic (exact) mass is 415 g/mol. The minimum Gasteiger partial charge on any atom is -0.309 e. The van der Waals surface area contributed by atoms with E-state index in [0.29, 0.717) is 12.2 Å². The van der Waals surface area contributed by atoms with Crippen molar-refractivity contribution in [1.82, 2.24) is 15.5 Å². The van der Waals surface area contributed by atoms with Crippen LogP contribution in [-0.4, -0.2) is 28.6 Å². The van der Waals surface area contributed by atoms with Crippen LogP contribution >= 0.6 is 0 Å². The molecule has 0 aliphatic rings. The molecule has 0 saturated heterocycles. The third kappa shape index (κ3) is 5.69. The van der Waals surface area contributed by atoms with E-state index in [1.807, 2.05) is 13.8 Å². The number of nitrogens with one attached hydrogen (secondary N) is 3. The minimum atomic E-state index is -0.712. The van der Waals surface area contributed by atoms with Gasteiger partial charge in [0.25, 0.3) is 5.91 Å². The lowest BCUT2D eigenvalue weighted by molar-refractivity contribution is 0.0976. The highest BCUT2D eigenvalue weighted by Crippen LogP contribution is 2.22. The first-order valence-electron chi connectivity index (χ1n) is 9.20. The van der Waals surface area contributed by atoms with Crippen molar-refractivity contribution < 1.29 is 18.0 Å². The smallest absolute Gasteiger partial charge is 0.258 e. The number of benzene rings is 2. The molecule has 0 spiro atoms. The molecule has 0 aliphatic carbocycles. The maximum atomic E-state index is 13.5. The highest BCUT2D eigenvalue weighted by molar-refractivity contribution is 6.09. The first-order chi connectivity index (χ1) is 14.3. The summed E-state index contributed by atoms with van der Waals surface area (Å²) >= 11 is 0. The topological polar surface area (TPSA) is 82.2 Å². The largest absolute Gasteiger partial charge is 0.309 e. The SMILES string of the molecule is CC(C)CN=C(NC(=O)c1cccc(F)c1)Nc1cc(-c2cc(F)cc(F)c2)[nH]n1. The van der Waals surface area contributed by atoms with Gasteiger partial charge in [-0.15, -0.1) is 0 Å². The van der Waals surface area contributed by atoms with E-state index in [1.165, 1.54) is 36.4 Å². The summed E-state index contributed by atoms with van der Waals surface area (Å²) < 4.78 is 40.3. The molecule has 30 heavy (non-hydrogen) atoms. The van der Waals surface area contributed by atoms with E-state index in [1.54, 1.807) is 0 Å². The molecular formula is C21H20F3N5O. The molecule has 0 saturated carbocycles. The zero-order valence-electron chi connectivity index (χ0n) is 16.3. The van der Waals surface area contributed by atoms with Gasteiger partial charge >= 0.3 is 0 Å². The van der Waals surface area contributed by atoms with E-state index in [4.69, 9.17) is 0 Å². The van der Waals surface area contributed by atoms with Gasteiger partial charge in [0.2, 0.25) is 5.96 Å². The van der Waals surface area contributed by atoms with Crippen LogP contribution in [0.25, 0.3) is 11.3 Å². The lowest BCUT2D eigenvalue weighted by Crippen LogP contribution is -2.36. The second-order valence-electron chi connectivity index (χ2n) is 7.00. The predicted molar refractivity (Wildman–Crippen MR) is 109 cm³/mol. The van der Waals surface area contributed by atoms with Crippen molar-refractivity contribution in [3.8, 4) is 11.3 Å². The van der Waals surface area contributed by atoms with Gasteiger partial charge < -0.3 is 5.32 Å². The Morgan fingerprint density at radius 1 is 1.07 bits per heavy atom. The number of aromatic amines is 1. The van der Waals surface area contributed by atoms with Crippen LogP contribution in [0.2, 0.25) is 0 Å². The molecule has 0 unspecified atom stereocenters. The number of guanidine groups is 1. The van der Waals surface area contributed by atoms with Crippen LogP contribution in [0, 0.1) is 23.4 Å². The fraction of sp³-hybridized carbons (Fsp3) is 0.190. The second-order valence-corrected chi connectivity index (χ2v) is 7.00. The molecule has 0 bridgehead atoms. The molecule has 0 aliphatic heterocycles. The van der Waals surface area contributed by atoms with E-state index >= 15 is 0 Å². The lowest BCUT2D eigenvalue weighted by atomic mass is 10.1. The summed E-state index contributed by atoms with van der Waals surface area (Å²) in [6.07, 6.45) is 0. The summed E-state index contributed by atoms with van der Waals surface area (Å²) in [7, 11) is 0. The van der Waals surface area contributed by atoms with Gasteiger partial charge in [-0.2, -0.15) is 5.10 Å². The fourth-order valence-electron chi connectivity index (χ4n) is 2.56. The van der Waals surface area contributed by atoms with E-state index in [2.05, 4.69) is 25.8 Å². The van der Waals surface area contributed by atoms with Crippen LogP contribution in [0.3, 0.4) is 0 Å². The molecule has 3 N–H and O–H groups in total. The van der Waals surface area contributed by atoms with Crippen molar-refractivity contribution in [2.45, 2.75) is 13.8 Å². The summed E-state index contributed by atoms with van der Waals surface area (Å²) in [6, 6.07) is 9.89. The van der Waals surface area contributed by atoms with Gasteiger partial charge in [0.15, 0.2) is 5.82 Å². The number of nitrogens with zero attached hydrogens (tertiary/aromatic N) is 2. The molecule has 3 rings (SSSR count). The number of carbonyl (C=O) groups excluding carboxylic acids is 1. The molecule has 0 fully saturated rings. The Labute approximate surface area is 171 Å². The number of hydrogen-bond donors (Lipinski definition) is 3. The summed E-state index contributed by atoms with van der Waals surface area (Å²) in [5.41, 5.74) is 0.778. The Morgan fingerprint density at radius 3 is 2.47 bits per heavy atom. The average molecular weight is 415 g/mol. The van der Waals surface area contributed by atoms with Crippen molar-refractivity contribution in [3.05, 3.63) is 71.5 Å².